The lowest BCUT2D eigenvalue weighted by Crippen LogP contribution is -2.46. The van der Waals surface area contributed by atoms with E-state index in [0.29, 0.717) is 24.0 Å². The van der Waals surface area contributed by atoms with Gasteiger partial charge in [-0.2, -0.15) is 0 Å². The standard InChI is InChI=1S/C22H26N4O2.2ClH/c1-15-6-7-21-24-19(13-26(21)12-15)14-28-20-5-3-4-17(11-20)22(27)25-18-8-9-23-16(2)10-18;;/h3-7,11-13,16,18,23H,8-10,14H2,1-2H3,(H,25,27);2*1H. The van der Waals surface area contributed by atoms with Crippen LogP contribution in [0.4, 0.5) is 0 Å². The number of rotatable bonds is 5. The largest absolute Gasteiger partial charge is 0.487 e. The predicted molar refractivity (Wildman–Crippen MR) is 123 cm³/mol. The van der Waals surface area contributed by atoms with E-state index in [1.807, 2.05) is 47.1 Å². The van der Waals surface area contributed by atoms with Gasteiger partial charge in [-0.15, -0.1) is 24.8 Å². The van der Waals surface area contributed by atoms with Crippen LogP contribution in [0.25, 0.3) is 5.65 Å². The van der Waals surface area contributed by atoms with Crippen LogP contribution in [-0.2, 0) is 6.61 Å². The van der Waals surface area contributed by atoms with E-state index in [9.17, 15) is 4.79 Å². The van der Waals surface area contributed by atoms with E-state index in [2.05, 4.69) is 29.5 Å². The topological polar surface area (TPSA) is 67.7 Å². The van der Waals surface area contributed by atoms with Crippen LogP contribution in [0, 0.1) is 6.92 Å². The zero-order chi connectivity index (χ0) is 19.5. The van der Waals surface area contributed by atoms with Crippen LogP contribution in [0.5, 0.6) is 5.75 Å². The summed E-state index contributed by atoms with van der Waals surface area (Å²) in [5, 5.41) is 6.54. The number of piperidine rings is 1. The van der Waals surface area contributed by atoms with Crippen LogP contribution in [0.1, 0.15) is 41.4 Å². The molecule has 0 saturated carbocycles. The second-order valence-electron chi connectivity index (χ2n) is 7.57. The molecule has 0 radical (unpaired) electrons. The highest BCUT2D eigenvalue weighted by Gasteiger charge is 2.20. The van der Waals surface area contributed by atoms with Gasteiger partial charge >= 0.3 is 0 Å². The molecule has 6 nitrogen and oxygen atoms in total. The van der Waals surface area contributed by atoms with Crippen LogP contribution < -0.4 is 15.4 Å². The monoisotopic (exact) mass is 450 g/mol. The van der Waals surface area contributed by atoms with Crippen molar-refractivity contribution in [2.24, 2.45) is 0 Å². The molecule has 4 rings (SSSR count). The Bertz CT molecular complexity index is 992. The molecule has 2 aromatic heterocycles. The third-order valence-electron chi connectivity index (χ3n) is 5.09. The lowest BCUT2D eigenvalue weighted by molar-refractivity contribution is 0.0925. The molecular weight excluding hydrogens is 423 g/mol. The maximum Gasteiger partial charge on any atom is 0.251 e. The number of aryl methyl sites for hydroxylation is 1. The number of pyridine rings is 1. The van der Waals surface area contributed by atoms with Gasteiger partial charge in [0, 0.05) is 30.0 Å². The number of fused-ring (bicyclic) bond motifs is 1. The SMILES string of the molecule is Cc1ccc2nc(COc3cccc(C(=O)NC4CCNC(C)C4)c3)cn2c1.Cl.Cl. The molecule has 30 heavy (non-hydrogen) atoms. The summed E-state index contributed by atoms with van der Waals surface area (Å²) in [5.41, 5.74) is 3.55. The van der Waals surface area contributed by atoms with Crippen molar-refractivity contribution < 1.29 is 9.53 Å². The van der Waals surface area contributed by atoms with Crippen molar-refractivity contribution in [3.05, 3.63) is 65.6 Å². The van der Waals surface area contributed by atoms with Gasteiger partial charge in [-0.25, -0.2) is 4.98 Å². The molecule has 0 spiro atoms. The minimum atomic E-state index is -0.0484. The maximum absolute atomic E-state index is 12.6. The van der Waals surface area contributed by atoms with Crippen LogP contribution in [0.15, 0.2) is 48.8 Å². The highest BCUT2D eigenvalue weighted by Crippen LogP contribution is 2.17. The van der Waals surface area contributed by atoms with Crippen molar-refractivity contribution in [3.63, 3.8) is 0 Å². The highest BCUT2D eigenvalue weighted by atomic mass is 35.5. The second-order valence-corrected chi connectivity index (χ2v) is 7.57. The third-order valence-corrected chi connectivity index (χ3v) is 5.09. The van der Waals surface area contributed by atoms with Crippen molar-refractivity contribution in [3.8, 4) is 5.75 Å². The summed E-state index contributed by atoms with van der Waals surface area (Å²) in [7, 11) is 0. The first kappa shape index (κ1) is 24.0. The quantitative estimate of drug-likeness (QED) is 0.617. The third kappa shape index (κ3) is 5.88. The Labute approximate surface area is 189 Å². The van der Waals surface area contributed by atoms with Crippen LogP contribution in [0.2, 0.25) is 0 Å². The number of carbonyl (C=O) groups is 1. The Morgan fingerprint density at radius 2 is 2.10 bits per heavy atom. The van der Waals surface area contributed by atoms with Gasteiger partial charge in [-0.05, 0) is 63.1 Å². The number of hydrogen-bond donors (Lipinski definition) is 2. The van der Waals surface area contributed by atoms with Gasteiger partial charge in [-0.3, -0.25) is 4.79 Å². The van der Waals surface area contributed by atoms with Gasteiger partial charge in [0.05, 0.1) is 5.69 Å². The molecule has 3 heterocycles. The molecule has 2 N–H and O–H groups in total. The van der Waals surface area contributed by atoms with Crippen molar-refractivity contribution >= 4 is 36.4 Å². The van der Waals surface area contributed by atoms with Gasteiger partial charge in [-0.1, -0.05) is 12.1 Å². The van der Waals surface area contributed by atoms with Crippen molar-refractivity contribution in [2.45, 2.75) is 45.4 Å². The zero-order valence-electron chi connectivity index (χ0n) is 17.1. The number of carbonyl (C=O) groups excluding carboxylic acids is 1. The molecule has 1 fully saturated rings. The molecule has 2 atom stereocenters. The van der Waals surface area contributed by atoms with Crippen LogP contribution in [-0.4, -0.2) is 33.9 Å². The van der Waals surface area contributed by atoms with Crippen molar-refractivity contribution in [1.82, 2.24) is 20.0 Å². The molecule has 1 amide bonds. The Morgan fingerprint density at radius 3 is 2.90 bits per heavy atom. The summed E-state index contributed by atoms with van der Waals surface area (Å²) in [4.78, 5) is 17.2. The number of nitrogens with zero attached hydrogens (tertiary/aromatic N) is 2. The molecule has 0 aliphatic carbocycles. The fourth-order valence-electron chi connectivity index (χ4n) is 3.64. The van der Waals surface area contributed by atoms with E-state index in [1.165, 1.54) is 5.56 Å². The molecule has 3 aromatic rings. The number of benzene rings is 1. The Kier molecular flexibility index (Phi) is 8.53. The van der Waals surface area contributed by atoms with E-state index >= 15 is 0 Å². The number of aromatic nitrogens is 2. The summed E-state index contributed by atoms with van der Waals surface area (Å²) in [5.74, 6) is 0.618. The normalized spacial score (nSPS) is 18.2. The highest BCUT2D eigenvalue weighted by molar-refractivity contribution is 5.94. The van der Waals surface area contributed by atoms with Gasteiger partial charge in [0.2, 0.25) is 0 Å². The van der Waals surface area contributed by atoms with E-state index in [4.69, 9.17) is 4.74 Å². The van der Waals surface area contributed by atoms with Crippen LogP contribution >= 0.6 is 24.8 Å². The summed E-state index contributed by atoms with van der Waals surface area (Å²) < 4.78 is 7.88. The first-order valence-electron chi connectivity index (χ1n) is 9.78. The maximum atomic E-state index is 12.6. The molecule has 1 aliphatic heterocycles. The minimum absolute atomic E-state index is 0. The number of nitrogens with one attached hydrogen (secondary N) is 2. The molecule has 162 valence electrons. The van der Waals surface area contributed by atoms with E-state index in [-0.39, 0.29) is 36.8 Å². The van der Waals surface area contributed by atoms with Gasteiger partial charge < -0.3 is 19.8 Å². The Morgan fingerprint density at radius 1 is 1.27 bits per heavy atom. The van der Waals surface area contributed by atoms with Crippen LogP contribution in [0.3, 0.4) is 0 Å². The van der Waals surface area contributed by atoms with Gasteiger partial charge in [0.1, 0.15) is 18.0 Å². The average molecular weight is 451 g/mol. The number of hydrogen-bond acceptors (Lipinski definition) is 4. The van der Waals surface area contributed by atoms with E-state index in [0.717, 1.165) is 30.7 Å². The first-order chi connectivity index (χ1) is 13.6. The summed E-state index contributed by atoms with van der Waals surface area (Å²) >= 11 is 0. The Balaban J connectivity index is 0.00000160. The predicted octanol–water partition coefficient (Wildman–Crippen LogP) is 3.94. The first-order valence-corrected chi connectivity index (χ1v) is 9.78. The lowest BCUT2D eigenvalue weighted by Gasteiger charge is -2.28. The second kappa shape index (κ2) is 10.7. The number of imidazole rings is 1. The number of amides is 1. The van der Waals surface area contributed by atoms with Crippen molar-refractivity contribution in [1.29, 1.82) is 0 Å². The summed E-state index contributed by atoms with van der Waals surface area (Å²) in [6, 6.07) is 12.0. The smallest absolute Gasteiger partial charge is 0.251 e. The van der Waals surface area contributed by atoms with E-state index in [1.54, 1.807) is 6.07 Å². The lowest BCUT2D eigenvalue weighted by atomic mass is 10.0. The molecule has 0 bridgehead atoms. The summed E-state index contributed by atoms with van der Waals surface area (Å²) in [6.45, 7) is 5.50. The fraction of sp³-hybridized carbons (Fsp3) is 0.364. The fourth-order valence-corrected chi connectivity index (χ4v) is 3.64. The minimum Gasteiger partial charge on any atom is -0.487 e. The van der Waals surface area contributed by atoms with Gasteiger partial charge in [0.25, 0.3) is 5.91 Å². The van der Waals surface area contributed by atoms with Gasteiger partial charge in [0.15, 0.2) is 0 Å². The number of halogens is 2. The molecule has 2 unspecified atom stereocenters. The van der Waals surface area contributed by atoms with E-state index < -0.39 is 0 Å². The molecular formula is C22H28Cl2N4O2. The molecule has 8 heteroatoms. The molecule has 1 aliphatic rings. The molecule has 1 aromatic carbocycles. The number of ether oxygens (including phenoxy) is 1. The van der Waals surface area contributed by atoms with Crippen molar-refractivity contribution in [2.75, 3.05) is 6.54 Å². The molecule has 1 saturated heterocycles. The Hall–Kier alpha value is -2.28. The average Bonchev–Trinajstić information content (AvgIpc) is 3.08. The zero-order valence-corrected chi connectivity index (χ0v) is 18.8. The summed E-state index contributed by atoms with van der Waals surface area (Å²) in [6.07, 6.45) is 5.92.